The molecule has 2 aliphatic rings. The van der Waals surface area contributed by atoms with Gasteiger partial charge in [-0.1, -0.05) is 45.0 Å². The average molecular weight is 451 g/mol. The van der Waals surface area contributed by atoms with Gasteiger partial charge in [0.1, 0.15) is 11.6 Å². The second kappa shape index (κ2) is 10.6. The molecule has 6 heteroatoms. The summed E-state index contributed by atoms with van der Waals surface area (Å²) in [6, 6.07) is 14.2. The van der Waals surface area contributed by atoms with Crippen molar-refractivity contribution in [3.8, 4) is 5.75 Å². The predicted octanol–water partition coefficient (Wildman–Crippen LogP) is 3.82. The van der Waals surface area contributed by atoms with Crippen molar-refractivity contribution in [1.82, 2.24) is 14.8 Å². The largest absolute Gasteiger partial charge is 0.483 e. The molecule has 1 aromatic carbocycles. The number of hydrogen-bond donors (Lipinski definition) is 0. The molecule has 2 saturated heterocycles. The van der Waals surface area contributed by atoms with Gasteiger partial charge in [-0.05, 0) is 47.9 Å². The van der Waals surface area contributed by atoms with E-state index in [4.69, 9.17) is 4.74 Å². The number of anilines is 1. The fourth-order valence-corrected chi connectivity index (χ4v) is 4.95. The molecular weight excluding hydrogens is 412 g/mol. The van der Waals surface area contributed by atoms with E-state index in [0.29, 0.717) is 5.92 Å². The summed E-state index contributed by atoms with van der Waals surface area (Å²) in [5, 5.41) is 0. The van der Waals surface area contributed by atoms with E-state index in [0.717, 1.165) is 69.4 Å². The predicted molar refractivity (Wildman–Crippen MR) is 133 cm³/mol. The van der Waals surface area contributed by atoms with Crippen molar-refractivity contribution in [2.45, 2.75) is 39.0 Å². The van der Waals surface area contributed by atoms with E-state index < -0.39 is 0 Å². The zero-order valence-corrected chi connectivity index (χ0v) is 20.4. The quantitative estimate of drug-likeness (QED) is 0.670. The average Bonchev–Trinajstić information content (AvgIpc) is 2.83. The number of benzene rings is 1. The molecule has 33 heavy (non-hydrogen) atoms. The van der Waals surface area contributed by atoms with Crippen molar-refractivity contribution >= 4 is 11.7 Å². The van der Waals surface area contributed by atoms with E-state index in [9.17, 15) is 4.79 Å². The molecule has 178 valence electrons. The fourth-order valence-electron chi connectivity index (χ4n) is 4.95. The Bertz CT molecular complexity index is 904. The lowest BCUT2D eigenvalue weighted by Crippen LogP contribution is -2.50. The number of amides is 1. The summed E-state index contributed by atoms with van der Waals surface area (Å²) in [5.74, 6) is 2.52. The van der Waals surface area contributed by atoms with Gasteiger partial charge in [-0.2, -0.15) is 0 Å². The Labute approximate surface area is 198 Å². The van der Waals surface area contributed by atoms with Gasteiger partial charge in [0, 0.05) is 52.0 Å². The third-order valence-corrected chi connectivity index (χ3v) is 6.78. The molecule has 4 rings (SSSR count). The zero-order chi connectivity index (χ0) is 23.3. The van der Waals surface area contributed by atoms with Crippen molar-refractivity contribution < 1.29 is 9.53 Å². The molecular formula is C27H38N4O2. The molecule has 6 nitrogen and oxygen atoms in total. The number of carbonyl (C=O) groups excluding carboxylic acids is 1. The summed E-state index contributed by atoms with van der Waals surface area (Å²) in [6.07, 6.45) is 4.13. The molecule has 2 aromatic rings. The van der Waals surface area contributed by atoms with Crippen LogP contribution in [0, 0.1) is 5.92 Å². The first-order valence-corrected chi connectivity index (χ1v) is 12.3. The summed E-state index contributed by atoms with van der Waals surface area (Å²) in [7, 11) is 0. The number of likely N-dealkylation sites (tertiary alicyclic amines) is 1. The standard InChI is InChI=1S/C27H38N4O2/c1-27(2,3)23-10-4-5-11-24(23)33-21-26(32)31-14-8-9-22(20-31)19-29-15-17-30(18-16-29)25-12-6-7-13-28-25/h4-7,10-13,22H,8-9,14-21H2,1-3H3. The number of hydrogen-bond acceptors (Lipinski definition) is 5. The second-order valence-corrected chi connectivity index (χ2v) is 10.4. The van der Waals surface area contributed by atoms with Crippen molar-refractivity contribution in [3.05, 3.63) is 54.2 Å². The third-order valence-electron chi connectivity index (χ3n) is 6.78. The normalized spacial score (nSPS) is 20.0. The lowest BCUT2D eigenvalue weighted by atomic mass is 9.86. The molecule has 0 radical (unpaired) electrons. The highest BCUT2D eigenvalue weighted by atomic mass is 16.5. The first kappa shape index (κ1) is 23.6. The first-order chi connectivity index (χ1) is 15.9. The number of piperidine rings is 1. The SMILES string of the molecule is CC(C)(C)c1ccccc1OCC(=O)N1CCCC(CN2CCN(c3ccccn3)CC2)C1. The van der Waals surface area contributed by atoms with Gasteiger partial charge in [0.25, 0.3) is 5.91 Å². The lowest BCUT2D eigenvalue weighted by Gasteiger charge is -2.39. The summed E-state index contributed by atoms with van der Waals surface area (Å²) < 4.78 is 6.00. The smallest absolute Gasteiger partial charge is 0.260 e. The van der Waals surface area contributed by atoms with Gasteiger partial charge in [0.05, 0.1) is 0 Å². The molecule has 0 bridgehead atoms. The van der Waals surface area contributed by atoms with Crippen molar-refractivity contribution in [2.24, 2.45) is 5.92 Å². The van der Waals surface area contributed by atoms with Gasteiger partial charge in [0.2, 0.25) is 0 Å². The number of nitrogens with zero attached hydrogens (tertiary/aromatic N) is 4. The Morgan fingerprint density at radius 1 is 1.03 bits per heavy atom. The Morgan fingerprint density at radius 3 is 2.52 bits per heavy atom. The van der Waals surface area contributed by atoms with E-state index in [1.165, 1.54) is 6.42 Å². The summed E-state index contributed by atoms with van der Waals surface area (Å²) in [5.41, 5.74) is 1.12. The summed E-state index contributed by atoms with van der Waals surface area (Å²) in [6.45, 7) is 13.5. The van der Waals surface area contributed by atoms with Crippen LogP contribution in [0.15, 0.2) is 48.7 Å². The van der Waals surface area contributed by atoms with Crippen molar-refractivity contribution in [2.75, 3.05) is 57.3 Å². The van der Waals surface area contributed by atoms with Gasteiger partial charge < -0.3 is 14.5 Å². The highest BCUT2D eigenvalue weighted by Gasteiger charge is 2.27. The van der Waals surface area contributed by atoms with Crippen LogP contribution in [0.2, 0.25) is 0 Å². The molecule has 2 aliphatic heterocycles. The minimum Gasteiger partial charge on any atom is -0.483 e. The Hall–Kier alpha value is -2.60. The molecule has 0 spiro atoms. The van der Waals surface area contributed by atoms with Gasteiger partial charge in [-0.3, -0.25) is 9.69 Å². The summed E-state index contributed by atoms with van der Waals surface area (Å²) in [4.78, 5) is 24.3. The van der Waals surface area contributed by atoms with Gasteiger partial charge in [-0.25, -0.2) is 4.98 Å². The van der Waals surface area contributed by atoms with E-state index in [2.05, 4.69) is 47.7 Å². The Balaban J connectivity index is 1.25. The van der Waals surface area contributed by atoms with Crippen molar-refractivity contribution in [3.63, 3.8) is 0 Å². The molecule has 1 unspecified atom stereocenters. The number of para-hydroxylation sites is 1. The molecule has 0 saturated carbocycles. The second-order valence-electron chi connectivity index (χ2n) is 10.4. The highest BCUT2D eigenvalue weighted by molar-refractivity contribution is 5.78. The molecule has 2 fully saturated rings. The maximum atomic E-state index is 12.9. The zero-order valence-electron chi connectivity index (χ0n) is 20.4. The number of carbonyl (C=O) groups is 1. The fraction of sp³-hybridized carbons (Fsp3) is 0.556. The maximum absolute atomic E-state index is 12.9. The molecule has 1 atom stereocenters. The first-order valence-electron chi connectivity index (χ1n) is 12.3. The van der Waals surface area contributed by atoms with Crippen LogP contribution in [0.3, 0.4) is 0 Å². The molecule has 1 aromatic heterocycles. The minimum absolute atomic E-state index is 0.0174. The molecule has 1 amide bonds. The number of pyridine rings is 1. The number of rotatable bonds is 6. The van der Waals surface area contributed by atoms with E-state index in [1.54, 1.807) is 0 Å². The minimum atomic E-state index is -0.0174. The Kier molecular flexibility index (Phi) is 7.53. The van der Waals surface area contributed by atoms with Gasteiger partial charge >= 0.3 is 0 Å². The molecule has 0 N–H and O–H groups in total. The van der Waals surface area contributed by atoms with Crippen LogP contribution >= 0.6 is 0 Å². The van der Waals surface area contributed by atoms with Crippen LogP contribution in [0.1, 0.15) is 39.2 Å². The monoisotopic (exact) mass is 450 g/mol. The summed E-state index contributed by atoms with van der Waals surface area (Å²) >= 11 is 0. The van der Waals surface area contributed by atoms with Crippen LogP contribution in [-0.2, 0) is 10.2 Å². The van der Waals surface area contributed by atoms with E-state index >= 15 is 0 Å². The molecule has 3 heterocycles. The van der Waals surface area contributed by atoms with Gasteiger partial charge in [-0.15, -0.1) is 0 Å². The topological polar surface area (TPSA) is 48.9 Å². The van der Waals surface area contributed by atoms with Crippen LogP contribution in [-0.4, -0.2) is 73.1 Å². The van der Waals surface area contributed by atoms with E-state index in [-0.39, 0.29) is 17.9 Å². The Morgan fingerprint density at radius 2 is 1.79 bits per heavy atom. The van der Waals surface area contributed by atoms with Crippen LogP contribution in [0.25, 0.3) is 0 Å². The van der Waals surface area contributed by atoms with E-state index in [1.807, 2.05) is 41.4 Å². The third kappa shape index (κ3) is 6.26. The van der Waals surface area contributed by atoms with Gasteiger partial charge in [0.15, 0.2) is 6.61 Å². The van der Waals surface area contributed by atoms with Crippen LogP contribution in [0.5, 0.6) is 5.75 Å². The lowest BCUT2D eigenvalue weighted by molar-refractivity contribution is -0.135. The maximum Gasteiger partial charge on any atom is 0.260 e. The molecule has 0 aliphatic carbocycles. The van der Waals surface area contributed by atoms with Crippen LogP contribution in [0.4, 0.5) is 5.82 Å². The van der Waals surface area contributed by atoms with Crippen molar-refractivity contribution in [1.29, 1.82) is 0 Å². The highest BCUT2D eigenvalue weighted by Crippen LogP contribution is 2.31. The number of piperazine rings is 1. The number of aromatic nitrogens is 1. The number of ether oxygens (including phenoxy) is 1. The van der Waals surface area contributed by atoms with Crippen LogP contribution < -0.4 is 9.64 Å².